The Kier molecular flexibility index (Phi) is 6.00. The molecule has 6 rings (SSSR count). The van der Waals surface area contributed by atoms with Crippen LogP contribution in [0, 0.1) is 11.6 Å². The van der Waals surface area contributed by atoms with Crippen molar-refractivity contribution in [2.75, 3.05) is 20.3 Å². The minimum atomic E-state index is -1.09. The van der Waals surface area contributed by atoms with Crippen molar-refractivity contribution >= 4 is 27.8 Å². The average molecular weight is 516 g/mol. The number of nitrogens with zero attached hydrogens (tertiary/aromatic N) is 2. The molecule has 0 aliphatic carbocycles. The molecule has 1 fully saturated rings. The third-order valence-corrected chi connectivity index (χ3v) is 7.13. The van der Waals surface area contributed by atoms with E-state index in [0.29, 0.717) is 59.4 Å². The van der Waals surface area contributed by atoms with Gasteiger partial charge in [0.2, 0.25) is 0 Å². The minimum Gasteiger partial charge on any atom is -0.496 e. The minimum absolute atomic E-state index is 0.00247. The summed E-state index contributed by atoms with van der Waals surface area (Å²) >= 11 is 0. The molecule has 7 nitrogen and oxygen atoms in total. The van der Waals surface area contributed by atoms with Crippen LogP contribution in [0.4, 0.5) is 8.78 Å². The summed E-state index contributed by atoms with van der Waals surface area (Å²) in [5, 5.41) is 17.4. The summed E-state index contributed by atoms with van der Waals surface area (Å²) < 4.78 is 41.2. The van der Waals surface area contributed by atoms with Gasteiger partial charge in [-0.1, -0.05) is 12.1 Å². The summed E-state index contributed by atoms with van der Waals surface area (Å²) in [6, 6.07) is 12.5. The van der Waals surface area contributed by atoms with E-state index in [2.05, 4.69) is 10.2 Å². The predicted molar refractivity (Wildman–Crippen MR) is 138 cm³/mol. The van der Waals surface area contributed by atoms with Crippen molar-refractivity contribution in [3.8, 4) is 28.1 Å². The number of pyridine rings is 1. The van der Waals surface area contributed by atoms with Crippen LogP contribution < -0.4 is 4.74 Å². The number of ether oxygens (including phenoxy) is 2. The predicted octanol–water partition coefficient (Wildman–Crippen LogP) is 6.32. The Balaban J connectivity index is 1.77. The molecule has 0 radical (unpaired) electrons. The Morgan fingerprint density at radius 1 is 1.11 bits per heavy atom. The standard InChI is InChI=1S/C29H23F2N3O4/c1-37-22-13-17(29(35)36)4-7-20(22)27-24(16-8-10-38-11-9-16)23(15-2-5-19(30)6-3-15)21-12-18-14-32-34-26(18)25(31)28(21)33-27/h2-7,12-14,16H,8-11H2,1H3,(H,32,34)(H,35,36). The number of fused-ring (bicyclic) bond motifs is 2. The van der Waals surface area contributed by atoms with Gasteiger partial charge in [0.15, 0.2) is 5.82 Å². The maximum absolute atomic E-state index is 16.0. The fourth-order valence-electron chi connectivity index (χ4n) is 5.31. The molecule has 1 aliphatic heterocycles. The van der Waals surface area contributed by atoms with E-state index in [0.717, 1.165) is 11.1 Å². The molecule has 2 N–H and O–H groups in total. The van der Waals surface area contributed by atoms with Gasteiger partial charge in [0, 0.05) is 29.5 Å². The highest BCUT2D eigenvalue weighted by Crippen LogP contribution is 2.47. The maximum atomic E-state index is 16.0. The summed E-state index contributed by atoms with van der Waals surface area (Å²) in [5.41, 5.74) is 3.74. The number of hydrogen-bond acceptors (Lipinski definition) is 5. The fraction of sp³-hybridized carbons (Fsp3) is 0.207. The first-order valence-corrected chi connectivity index (χ1v) is 12.2. The van der Waals surface area contributed by atoms with Crippen LogP contribution in [0.3, 0.4) is 0 Å². The Bertz CT molecular complexity index is 1690. The van der Waals surface area contributed by atoms with E-state index in [1.54, 1.807) is 24.4 Å². The molecule has 1 saturated heterocycles. The maximum Gasteiger partial charge on any atom is 0.335 e. The lowest BCUT2D eigenvalue weighted by Crippen LogP contribution is -2.17. The number of carbonyl (C=O) groups is 1. The van der Waals surface area contributed by atoms with Crippen LogP contribution >= 0.6 is 0 Å². The highest BCUT2D eigenvalue weighted by molar-refractivity contribution is 6.06. The van der Waals surface area contributed by atoms with E-state index in [-0.39, 0.29) is 28.3 Å². The zero-order valence-corrected chi connectivity index (χ0v) is 20.4. The third kappa shape index (κ3) is 3.95. The first-order chi connectivity index (χ1) is 18.5. The van der Waals surface area contributed by atoms with Crippen LogP contribution in [0.5, 0.6) is 5.75 Å². The van der Waals surface area contributed by atoms with Crippen LogP contribution in [0.15, 0.2) is 54.7 Å². The number of nitrogens with one attached hydrogen (secondary N) is 1. The number of rotatable bonds is 5. The normalized spacial score (nSPS) is 14.3. The molecule has 2 aromatic heterocycles. The molecule has 0 spiro atoms. The van der Waals surface area contributed by atoms with E-state index in [4.69, 9.17) is 14.5 Å². The van der Waals surface area contributed by atoms with Gasteiger partial charge in [-0.15, -0.1) is 0 Å². The average Bonchev–Trinajstić information content (AvgIpc) is 3.42. The lowest BCUT2D eigenvalue weighted by Gasteiger charge is -2.28. The highest BCUT2D eigenvalue weighted by Gasteiger charge is 2.29. The molecule has 5 aromatic rings. The molecule has 0 unspecified atom stereocenters. The Morgan fingerprint density at radius 3 is 2.58 bits per heavy atom. The number of aromatic nitrogens is 3. The first-order valence-electron chi connectivity index (χ1n) is 12.2. The van der Waals surface area contributed by atoms with Gasteiger partial charge in [0.05, 0.1) is 24.6 Å². The lowest BCUT2D eigenvalue weighted by molar-refractivity contribution is 0.0696. The zero-order chi connectivity index (χ0) is 26.4. The summed E-state index contributed by atoms with van der Waals surface area (Å²) in [6.45, 7) is 1.10. The van der Waals surface area contributed by atoms with Gasteiger partial charge in [-0.2, -0.15) is 5.10 Å². The van der Waals surface area contributed by atoms with Crippen LogP contribution in [0.25, 0.3) is 44.2 Å². The van der Waals surface area contributed by atoms with Crippen molar-refractivity contribution in [2.24, 2.45) is 0 Å². The summed E-state index contributed by atoms with van der Waals surface area (Å²) in [5.74, 6) is -1.72. The lowest BCUT2D eigenvalue weighted by atomic mass is 9.81. The number of aromatic carboxylic acids is 1. The largest absolute Gasteiger partial charge is 0.496 e. The molecule has 38 heavy (non-hydrogen) atoms. The number of halogens is 2. The summed E-state index contributed by atoms with van der Waals surface area (Å²) in [4.78, 5) is 16.5. The molecule has 192 valence electrons. The second-order valence-corrected chi connectivity index (χ2v) is 9.28. The Labute approximate surface area is 216 Å². The van der Waals surface area contributed by atoms with E-state index in [1.807, 2.05) is 6.07 Å². The molecular weight excluding hydrogens is 492 g/mol. The number of hydrogen-bond donors (Lipinski definition) is 2. The summed E-state index contributed by atoms with van der Waals surface area (Å²) in [6.07, 6.45) is 2.97. The van der Waals surface area contributed by atoms with Gasteiger partial charge in [0.25, 0.3) is 0 Å². The topological polar surface area (TPSA) is 97.3 Å². The van der Waals surface area contributed by atoms with Crippen LogP contribution in [0.1, 0.15) is 34.7 Å². The number of carboxylic acid groups (broad SMARTS) is 1. The van der Waals surface area contributed by atoms with Crippen molar-refractivity contribution in [1.29, 1.82) is 0 Å². The first kappa shape index (κ1) is 24.0. The second kappa shape index (κ2) is 9.50. The molecule has 3 heterocycles. The van der Waals surface area contributed by atoms with Gasteiger partial charge in [0.1, 0.15) is 22.6 Å². The van der Waals surface area contributed by atoms with Crippen LogP contribution in [-0.4, -0.2) is 46.6 Å². The zero-order valence-electron chi connectivity index (χ0n) is 20.4. The SMILES string of the molecule is COc1cc(C(=O)O)ccc1-c1nc2c(F)c3[nH]ncc3cc2c(-c2ccc(F)cc2)c1C1CCOCC1. The smallest absolute Gasteiger partial charge is 0.335 e. The van der Waals surface area contributed by atoms with Gasteiger partial charge in [-0.05, 0) is 71.8 Å². The van der Waals surface area contributed by atoms with E-state index in [1.165, 1.54) is 31.4 Å². The van der Waals surface area contributed by atoms with Crippen molar-refractivity contribution in [3.63, 3.8) is 0 Å². The van der Waals surface area contributed by atoms with Crippen molar-refractivity contribution in [1.82, 2.24) is 15.2 Å². The van der Waals surface area contributed by atoms with Gasteiger partial charge in [-0.25, -0.2) is 18.6 Å². The number of carboxylic acids is 1. The Morgan fingerprint density at radius 2 is 1.87 bits per heavy atom. The van der Waals surface area contributed by atoms with Gasteiger partial charge >= 0.3 is 5.97 Å². The van der Waals surface area contributed by atoms with E-state index >= 15 is 4.39 Å². The van der Waals surface area contributed by atoms with Crippen LogP contribution in [0.2, 0.25) is 0 Å². The van der Waals surface area contributed by atoms with Crippen molar-refractivity contribution in [3.05, 3.63) is 77.5 Å². The molecule has 0 amide bonds. The van der Waals surface area contributed by atoms with Crippen molar-refractivity contribution in [2.45, 2.75) is 18.8 Å². The Hall–Kier alpha value is -4.37. The third-order valence-electron chi connectivity index (χ3n) is 7.13. The number of benzene rings is 3. The molecule has 0 bridgehead atoms. The fourth-order valence-corrected chi connectivity index (χ4v) is 5.31. The van der Waals surface area contributed by atoms with Crippen LogP contribution in [-0.2, 0) is 4.74 Å². The summed E-state index contributed by atoms with van der Waals surface area (Å²) in [7, 11) is 1.45. The quantitative estimate of drug-likeness (QED) is 0.284. The van der Waals surface area contributed by atoms with Gasteiger partial charge in [-0.3, -0.25) is 5.10 Å². The monoisotopic (exact) mass is 515 g/mol. The molecule has 0 atom stereocenters. The molecule has 3 aromatic carbocycles. The molecule has 0 saturated carbocycles. The molecule has 1 aliphatic rings. The number of aromatic amines is 1. The van der Waals surface area contributed by atoms with E-state index < -0.39 is 11.8 Å². The van der Waals surface area contributed by atoms with Gasteiger partial charge < -0.3 is 14.6 Å². The van der Waals surface area contributed by atoms with E-state index in [9.17, 15) is 14.3 Å². The number of H-pyrrole nitrogens is 1. The molecule has 9 heteroatoms. The van der Waals surface area contributed by atoms with Crippen molar-refractivity contribution < 1.29 is 28.2 Å². The highest BCUT2D eigenvalue weighted by atomic mass is 19.1. The molecular formula is C29H23F2N3O4. The number of methoxy groups -OCH3 is 1. The second-order valence-electron chi connectivity index (χ2n) is 9.28.